The lowest BCUT2D eigenvalue weighted by Crippen LogP contribution is -2.60. The lowest BCUT2D eigenvalue weighted by Gasteiger charge is -2.27. The summed E-state index contributed by atoms with van der Waals surface area (Å²) in [4.78, 5) is 135. The molecule has 0 unspecified atom stereocenters. The Labute approximate surface area is 450 Å². The van der Waals surface area contributed by atoms with Crippen molar-refractivity contribution in [2.45, 2.75) is 120 Å². The average Bonchev–Trinajstić information content (AvgIpc) is 4.07. The number of carboxylic acid groups (broad SMARTS) is 1. The van der Waals surface area contributed by atoms with E-state index in [4.69, 9.17) is 11.5 Å². The number of benzene rings is 2. The number of para-hydroxylation sites is 1. The number of imidazole rings is 1. The summed E-state index contributed by atoms with van der Waals surface area (Å²) in [7, 11) is 0. The van der Waals surface area contributed by atoms with E-state index in [0.717, 1.165) is 17.3 Å². The van der Waals surface area contributed by atoms with Crippen LogP contribution in [0.1, 0.15) is 75.6 Å². The summed E-state index contributed by atoms with van der Waals surface area (Å²) >= 11 is 8.26. The van der Waals surface area contributed by atoms with Crippen molar-refractivity contribution >= 4 is 95.3 Å². The van der Waals surface area contributed by atoms with E-state index in [-0.39, 0.29) is 75.5 Å². The molecule has 2 heterocycles. The first kappa shape index (κ1) is 60.9. The van der Waals surface area contributed by atoms with E-state index in [2.05, 4.69) is 87.7 Å². The highest BCUT2D eigenvalue weighted by atomic mass is 32.1. The number of hydrogen-bond donors (Lipinski definition) is 15. The maximum absolute atomic E-state index is 14.6. The van der Waals surface area contributed by atoms with Crippen molar-refractivity contribution in [1.29, 1.82) is 0 Å². The van der Waals surface area contributed by atoms with Crippen molar-refractivity contribution in [3.63, 3.8) is 0 Å². The second kappa shape index (κ2) is 32.0. The van der Waals surface area contributed by atoms with Crippen LogP contribution in [-0.4, -0.2) is 146 Å². The van der Waals surface area contributed by atoms with Crippen LogP contribution in [0.2, 0.25) is 0 Å². The summed E-state index contributed by atoms with van der Waals surface area (Å²) in [5.74, 6) is -7.14. The van der Waals surface area contributed by atoms with E-state index in [1.54, 1.807) is 36.5 Å². The number of carboxylic acids is 1. The van der Waals surface area contributed by atoms with Crippen LogP contribution in [0.5, 0.6) is 0 Å². The highest BCUT2D eigenvalue weighted by Crippen LogP contribution is 2.20. The number of aliphatic imine (C=N–C) groups is 1. The molecule has 2 aromatic carbocycles. The Balaban J connectivity index is 1.61. The number of aromatic amines is 2. The molecule has 76 heavy (non-hydrogen) atoms. The standard InChI is InChI=1S/C50H70N14O10S2/c1-3-4-15-35(58-29(2)65)44(68)64-40(26-75)48(72)63-39(23-32-25-53-28-57-32)47(71)61-37(21-30-12-6-5-7-13-30)46(70)60-36(17-10-20-55-50(51)52)45(69)62-38(22-31-24-56-34-16-9-8-14-33(31)34)43(67)54-19-11-18-42(66)59-41(27-76)49(73)74/h5-9,12-14,16,24-25,28,35-41,56,75-76H,3-4,10-11,15,17-23,26-27H2,1-2H3,(H,53,57)(H,54,67)(H,58,65)(H,59,66)(H,60,70)(H,61,71)(H,62,69)(H,63,72)(H,64,68)(H,73,74)(H4,51,52,55)/t35-,36-,37+,38+,39-,40-,41-/m0/s1. The van der Waals surface area contributed by atoms with Gasteiger partial charge in [0.15, 0.2) is 5.96 Å². The molecule has 7 atom stereocenters. The van der Waals surface area contributed by atoms with Gasteiger partial charge in [0.05, 0.1) is 6.33 Å². The van der Waals surface area contributed by atoms with E-state index in [1.807, 2.05) is 31.2 Å². The van der Waals surface area contributed by atoms with E-state index >= 15 is 0 Å². The second-order valence-corrected chi connectivity index (χ2v) is 18.6. The van der Waals surface area contributed by atoms with Crippen LogP contribution in [0, 0.1) is 0 Å². The third kappa shape index (κ3) is 20.6. The van der Waals surface area contributed by atoms with Crippen molar-refractivity contribution in [3.8, 4) is 0 Å². The van der Waals surface area contributed by atoms with E-state index in [0.29, 0.717) is 29.7 Å². The molecule has 15 N–H and O–H groups in total. The molecular weight excluding hydrogens is 1020 g/mol. The average molecular weight is 1090 g/mol. The zero-order valence-electron chi connectivity index (χ0n) is 42.4. The van der Waals surface area contributed by atoms with Crippen molar-refractivity contribution in [2.24, 2.45) is 16.5 Å². The van der Waals surface area contributed by atoms with Crippen LogP contribution in [0.4, 0.5) is 0 Å². The molecule has 0 aliphatic rings. The Morgan fingerprint density at radius 2 is 1.21 bits per heavy atom. The summed E-state index contributed by atoms with van der Waals surface area (Å²) in [5.41, 5.74) is 13.7. The summed E-state index contributed by atoms with van der Waals surface area (Å²) in [5, 5.41) is 31.4. The molecule has 0 spiro atoms. The molecule has 26 heteroatoms. The maximum Gasteiger partial charge on any atom is 0.327 e. The van der Waals surface area contributed by atoms with Crippen molar-refractivity contribution in [3.05, 3.63) is 90.1 Å². The molecule has 0 bridgehead atoms. The maximum atomic E-state index is 14.6. The number of nitrogens with two attached hydrogens (primary N) is 2. The highest BCUT2D eigenvalue weighted by molar-refractivity contribution is 7.80. The number of unbranched alkanes of at least 4 members (excludes halogenated alkanes) is 1. The van der Waals surface area contributed by atoms with Crippen molar-refractivity contribution < 1.29 is 48.3 Å². The van der Waals surface area contributed by atoms with Crippen LogP contribution >= 0.6 is 25.3 Å². The van der Waals surface area contributed by atoms with Crippen LogP contribution in [-0.2, 0) is 62.4 Å². The predicted molar refractivity (Wildman–Crippen MR) is 291 cm³/mol. The highest BCUT2D eigenvalue weighted by Gasteiger charge is 2.34. The third-order valence-corrected chi connectivity index (χ3v) is 12.6. The minimum absolute atomic E-state index is 0.0123. The smallest absolute Gasteiger partial charge is 0.327 e. The number of aliphatic carboxylic acids is 1. The first-order chi connectivity index (χ1) is 36.4. The fourth-order valence-corrected chi connectivity index (χ4v) is 8.41. The number of carbonyl (C=O) groups excluding carboxylic acids is 8. The molecule has 4 aromatic rings. The predicted octanol–water partition coefficient (Wildman–Crippen LogP) is -0.583. The van der Waals surface area contributed by atoms with Gasteiger partial charge in [-0.1, -0.05) is 68.3 Å². The van der Waals surface area contributed by atoms with Crippen LogP contribution in [0.15, 0.2) is 78.3 Å². The number of fused-ring (bicyclic) bond motifs is 1. The number of thiol groups is 2. The van der Waals surface area contributed by atoms with Gasteiger partial charge in [-0.3, -0.25) is 43.3 Å². The SMILES string of the molecule is CCCC[C@H](NC(C)=O)C(=O)N[C@@H](CS)C(=O)N[C@@H](Cc1cnc[nH]1)C(=O)N[C@H](Cc1ccccc1)C(=O)N[C@@H](CCCN=C(N)N)C(=O)N[C@H](Cc1c[nH]c2ccccc12)C(=O)NCCCC(=O)N[C@@H](CS)C(=O)O. The summed E-state index contributed by atoms with van der Waals surface area (Å²) < 4.78 is 0. The van der Waals surface area contributed by atoms with Gasteiger partial charge in [-0.05, 0) is 42.9 Å². The van der Waals surface area contributed by atoms with E-state index in [1.165, 1.54) is 19.4 Å². The number of carbonyl (C=O) groups is 9. The van der Waals surface area contributed by atoms with E-state index < -0.39 is 95.5 Å². The quantitative estimate of drug-likeness (QED) is 0.0123. The van der Waals surface area contributed by atoms with Crippen LogP contribution < -0.4 is 54.0 Å². The molecule has 0 fully saturated rings. The fraction of sp³-hybridized carbons (Fsp3) is 0.460. The normalized spacial score (nSPS) is 13.7. The van der Waals surface area contributed by atoms with Crippen LogP contribution in [0.25, 0.3) is 10.9 Å². The molecule has 0 aliphatic carbocycles. The Hall–Kier alpha value is -7.61. The monoisotopic (exact) mass is 1090 g/mol. The summed E-state index contributed by atoms with van der Waals surface area (Å²) in [6.45, 7) is 3.25. The van der Waals surface area contributed by atoms with E-state index in [9.17, 15) is 48.3 Å². The molecule has 0 aliphatic heterocycles. The molecule has 4 rings (SSSR count). The Morgan fingerprint density at radius 1 is 0.645 bits per heavy atom. The number of aromatic nitrogens is 3. The van der Waals surface area contributed by atoms with Gasteiger partial charge in [0, 0.05) is 86.2 Å². The van der Waals surface area contributed by atoms with Gasteiger partial charge in [0.2, 0.25) is 47.3 Å². The van der Waals surface area contributed by atoms with Crippen molar-refractivity contribution in [1.82, 2.24) is 57.5 Å². The largest absolute Gasteiger partial charge is 0.480 e. The molecule has 2 aromatic heterocycles. The lowest BCUT2D eigenvalue weighted by atomic mass is 10.0. The summed E-state index contributed by atoms with van der Waals surface area (Å²) in [6.07, 6.45) is 6.13. The van der Waals surface area contributed by atoms with Gasteiger partial charge in [0.1, 0.15) is 42.3 Å². The van der Waals surface area contributed by atoms with Gasteiger partial charge in [-0.2, -0.15) is 25.3 Å². The summed E-state index contributed by atoms with van der Waals surface area (Å²) in [6, 6.07) is 7.39. The number of hydrogen-bond acceptors (Lipinski definition) is 13. The number of nitrogens with zero attached hydrogens (tertiary/aromatic N) is 2. The zero-order valence-corrected chi connectivity index (χ0v) is 44.2. The minimum atomic E-state index is -1.37. The number of H-pyrrole nitrogens is 2. The Kier molecular flexibility index (Phi) is 25.6. The van der Waals surface area contributed by atoms with Gasteiger partial charge < -0.3 is 69.1 Å². The van der Waals surface area contributed by atoms with Gasteiger partial charge in [-0.15, -0.1) is 0 Å². The first-order valence-corrected chi connectivity index (χ1v) is 26.1. The molecule has 0 saturated heterocycles. The van der Waals surface area contributed by atoms with Gasteiger partial charge in [-0.25, -0.2) is 9.78 Å². The third-order valence-electron chi connectivity index (χ3n) is 11.9. The molecule has 0 radical (unpaired) electrons. The Bertz CT molecular complexity index is 2600. The number of amides is 8. The molecule has 8 amide bonds. The van der Waals surface area contributed by atoms with Gasteiger partial charge >= 0.3 is 5.97 Å². The second-order valence-electron chi connectivity index (χ2n) is 17.9. The van der Waals surface area contributed by atoms with Crippen molar-refractivity contribution in [2.75, 3.05) is 24.6 Å². The number of nitrogens with one attached hydrogen (secondary N) is 10. The Morgan fingerprint density at radius 3 is 1.82 bits per heavy atom. The number of rotatable bonds is 33. The van der Waals surface area contributed by atoms with Gasteiger partial charge in [0.25, 0.3) is 0 Å². The lowest BCUT2D eigenvalue weighted by molar-refractivity contribution is -0.141. The molecule has 412 valence electrons. The first-order valence-electron chi connectivity index (χ1n) is 24.8. The number of guanidine groups is 1. The zero-order chi connectivity index (χ0) is 55.6. The topological polar surface area (TPSA) is 379 Å². The molecule has 24 nitrogen and oxygen atoms in total. The fourth-order valence-electron chi connectivity index (χ4n) is 7.90. The minimum Gasteiger partial charge on any atom is -0.480 e. The molecule has 0 saturated carbocycles. The molecular formula is C50H70N14O10S2. The van der Waals surface area contributed by atoms with Crippen LogP contribution in [0.3, 0.4) is 0 Å².